The summed E-state index contributed by atoms with van der Waals surface area (Å²) >= 11 is 0. The molecule has 0 aliphatic carbocycles. The predicted octanol–water partition coefficient (Wildman–Crippen LogP) is 2.22. The van der Waals surface area contributed by atoms with Gasteiger partial charge < -0.3 is 19.4 Å². The number of nitrogens with one attached hydrogen (secondary N) is 1. The van der Waals surface area contributed by atoms with E-state index in [9.17, 15) is 9.59 Å². The van der Waals surface area contributed by atoms with E-state index in [1.165, 1.54) is 11.1 Å². The first kappa shape index (κ1) is 23.1. The number of aryl methyl sites for hydroxylation is 1. The molecular formula is C26H34N4O4. The van der Waals surface area contributed by atoms with Crippen molar-refractivity contribution in [2.75, 3.05) is 33.4 Å². The number of H-pyrrole nitrogens is 1. The van der Waals surface area contributed by atoms with Gasteiger partial charge in [0.25, 0.3) is 5.56 Å². The smallest absolute Gasteiger partial charge is 0.256 e. The van der Waals surface area contributed by atoms with Gasteiger partial charge in [-0.3, -0.25) is 14.5 Å². The molecule has 182 valence electrons. The molecule has 4 heterocycles. The highest BCUT2D eigenvalue weighted by molar-refractivity contribution is 5.83. The molecule has 2 saturated heterocycles. The highest BCUT2D eigenvalue weighted by Gasteiger charge is 2.37. The standard InChI is InChI=1S/C26H34N4O4/c1-17-13-19(3-4-23(17)33-2)14-18-5-9-29(10-6-18)22-7-11-30(26(22)32)15-24-27-21-8-12-34-16-20(21)25(31)28-24/h3-4,13,18,22H,5-12,14-16H2,1-2H3,(H,27,28,31)/t22-/m1/s1. The van der Waals surface area contributed by atoms with Gasteiger partial charge >= 0.3 is 0 Å². The van der Waals surface area contributed by atoms with Crippen molar-refractivity contribution < 1.29 is 14.3 Å². The van der Waals surface area contributed by atoms with Crippen molar-refractivity contribution in [3.8, 4) is 5.75 Å². The minimum absolute atomic E-state index is 0.0538. The number of amides is 1. The number of benzene rings is 1. The molecule has 0 unspecified atom stereocenters. The number of carbonyl (C=O) groups is 1. The molecule has 1 atom stereocenters. The van der Waals surface area contributed by atoms with Gasteiger partial charge in [-0.25, -0.2) is 4.98 Å². The Balaban J connectivity index is 1.15. The number of rotatable bonds is 6. The normalized spacial score (nSPS) is 21.6. The summed E-state index contributed by atoms with van der Waals surface area (Å²) in [4.78, 5) is 37.2. The van der Waals surface area contributed by atoms with E-state index < -0.39 is 0 Å². The Bertz CT molecular complexity index is 1110. The molecule has 2 fully saturated rings. The Hall–Kier alpha value is -2.71. The number of carbonyl (C=O) groups excluding carboxylic acids is 1. The summed E-state index contributed by atoms with van der Waals surface area (Å²) in [5.41, 5.74) is 3.82. The zero-order valence-corrected chi connectivity index (χ0v) is 20.1. The zero-order valence-electron chi connectivity index (χ0n) is 20.1. The lowest BCUT2D eigenvalue weighted by Gasteiger charge is -2.35. The van der Waals surface area contributed by atoms with Crippen LogP contribution < -0.4 is 10.3 Å². The number of hydrogen-bond acceptors (Lipinski definition) is 6. The summed E-state index contributed by atoms with van der Waals surface area (Å²) in [6.07, 6.45) is 4.77. The van der Waals surface area contributed by atoms with Gasteiger partial charge in [0.2, 0.25) is 5.91 Å². The number of aromatic nitrogens is 2. The van der Waals surface area contributed by atoms with Crippen molar-refractivity contribution in [2.24, 2.45) is 5.92 Å². The third-order valence-electron chi connectivity index (χ3n) is 7.56. The zero-order chi connectivity index (χ0) is 23.7. The van der Waals surface area contributed by atoms with Crippen LogP contribution in [0, 0.1) is 12.8 Å². The molecule has 2 aromatic rings. The van der Waals surface area contributed by atoms with Gasteiger partial charge in [0, 0.05) is 13.0 Å². The number of likely N-dealkylation sites (tertiary alicyclic amines) is 2. The fraction of sp³-hybridized carbons (Fsp3) is 0.577. The average molecular weight is 467 g/mol. The van der Waals surface area contributed by atoms with Crippen molar-refractivity contribution in [3.63, 3.8) is 0 Å². The van der Waals surface area contributed by atoms with Crippen molar-refractivity contribution in [1.82, 2.24) is 19.8 Å². The van der Waals surface area contributed by atoms with Crippen LogP contribution in [0.15, 0.2) is 23.0 Å². The van der Waals surface area contributed by atoms with Crippen LogP contribution in [-0.4, -0.2) is 65.1 Å². The molecule has 1 N–H and O–H groups in total. The van der Waals surface area contributed by atoms with E-state index in [1.54, 1.807) is 7.11 Å². The van der Waals surface area contributed by atoms with Gasteiger partial charge in [-0.1, -0.05) is 12.1 Å². The average Bonchev–Trinajstić information content (AvgIpc) is 3.19. The Morgan fingerprint density at radius 2 is 2.00 bits per heavy atom. The second kappa shape index (κ2) is 9.88. The summed E-state index contributed by atoms with van der Waals surface area (Å²) in [6, 6.07) is 6.41. The maximum atomic E-state index is 13.2. The highest BCUT2D eigenvalue weighted by atomic mass is 16.5. The van der Waals surface area contributed by atoms with Gasteiger partial charge in [0.15, 0.2) is 0 Å². The Morgan fingerprint density at radius 1 is 1.18 bits per heavy atom. The molecule has 3 aliphatic rings. The number of fused-ring (bicyclic) bond motifs is 1. The van der Waals surface area contributed by atoms with Gasteiger partial charge in [-0.05, 0) is 68.8 Å². The molecular weight excluding hydrogens is 432 g/mol. The SMILES string of the molecule is COc1ccc(CC2CCN([C@@H]3CCN(Cc4nc5c(c(=O)[nH]4)COCC5)C3=O)CC2)cc1C. The Morgan fingerprint density at radius 3 is 2.76 bits per heavy atom. The van der Waals surface area contributed by atoms with E-state index in [0.717, 1.165) is 50.2 Å². The first-order chi connectivity index (χ1) is 16.5. The van der Waals surface area contributed by atoms with E-state index in [1.807, 2.05) is 4.90 Å². The lowest BCUT2D eigenvalue weighted by Crippen LogP contribution is -2.46. The minimum atomic E-state index is -0.142. The molecule has 1 amide bonds. The van der Waals surface area contributed by atoms with Gasteiger partial charge in [-0.2, -0.15) is 0 Å². The Labute approximate surface area is 200 Å². The number of piperidine rings is 1. The summed E-state index contributed by atoms with van der Waals surface area (Å²) in [7, 11) is 1.71. The molecule has 5 rings (SSSR count). The van der Waals surface area contributed by atoms with E-state index in [0.29, 0.717) is 50.0 Å². The van der Waals surface area contributed by atoms with Gasteiger partial charge in [-0.15, -0.1) is 0 Å². The lowest BCUT2D eigenvalue weighted by atomic mass is 9.89. The van der Waals surface area contributed by atoms with Crippen LogP contribution in [0.4, 0.5) is 0 Å². The number of ether oxygens (including phenoxy) is 2. The summed E-state index contributed by atoms with van der Waals surface area (Å²) in [5.74, 6) is 2.32. The van der Waals surface area contributed by atoms with Crippen molar-refractivity contribution in [1.29, 1.82) is 0 Å². The fourth-order valence-electron chi connectivity index (χ4n) is 5.64. The number of aromatic amines is 1. The maximum absolute atomic E-state index is 13.2. The first-order valence-electron chi connectivity index (χ1n) is 12.4. The van der Waals surface area contributed by atoms with Crippen molar-refractivity contribution >= 4 is 5.91 Å². The summed E-state index contributed by atoms with van der Waals surface area (Å²) < 4.78 is 10.7. The first-order valence-corrected chi connectivity index (χ1v) is 12.4. The number of hydrogen-bond donors (Lipinski definition) is 1. The van der Waals surface area contributed by atoms with Crippen LogP contribution in [0.2, 0.25) is 0 Å². The minimum Gasteiger partial charge on any atom is -0.496 e. The van der Waals surface area contributed by atoms with E-state index >= 15 is 0 Å². The van der Waals surface area contributed by atoms with E-state index in [-0.39, 0.29) is 17.5 Å². The van der Waals surface area contributed by atoms with Crippen molar-refractivity contribution in [3.05, 3.63) is 56.8 Å². The quantitative estimate of drug-likeness (QED) is 0.703. The lowest BCUT2D eigenvalue weighted by molar-refractivity contribution is -0.133. The molecule has 0 spiro atoms. The molecule has 8 nitrogen and oxygen atoms in total. The van der Waals surface area contributed by atoms with Crippen LogP contribution >= 0.6 is 0 Å². The van der Waals surface area contributed by atoms with Crippen LogP contribution in [-0.2, 0) is 35.5 Å². The molecule has 0 bridgehead atoms. The molecule has 0 radical (unpaired) electrons. The Kier molecular flexibility index (Phi) is 6.70. The maximum Gasteiger partial charge on any atom is 0.256 e. The van der Waals surface area contributed by atoms with Gasteiger partial charge in [0.1, 0.15) is 11.6 Å². The largest absolute Gasteiger partial charge is 0.496 e. The van der Waals surface area contributed by atoms with Crippen LogP contribution in [0.1, 0.15) is 47.5 Å². The number of methoxy groups -OCH3 is 1. The van der Waals surface area contributed by atoms with Gasteiger partial charge in [0.05, 0.1) is 44.2 Å². The second-order valence-corrected chi connectivity index (χ2v) is 9.79. The summed E-state index contributed by atoms with van der Waals surface area (Å²) in [6.45, 7) is 5.98. The topological polar surface area (TPSA) is 87.8 Å². The predicted molar refractivity (Wildman–Crippen MR) is 128 cm³/mol. The molecule has 3 aliphatic heterocycles. The van der Waals surface area contributed by atoms with Crippen LogP contribution in [0.3, 0.4) is 0 Å². The van der Waals surface area contributed by atoms with E-state index in [4.69, 9.17) is 9.47 Å². The molecule has 8 heteroatoms. The highest BCUT2D eigenvalue weighted by Crippen LogP contribution is 2.28. The molecule has 1 aromatic heterocycles. The van der Waals surface area contributed by atoms with Crippen LogP contribution in [0.5, 0.6) is 5.75 Å². The molecule has 34 heavy (non-hydrogen) atoms. The monoisotopic (exact) mass is 466 g/mol. The number of nitrogens with zero attached hydrogens (tertiary/aromatic N) is 3. The molecule has 1 aromatic carbocycles. The van der Waals surface area contributed by atoms with Crippen molar-refractivity contribution in [2.45, 2.75) is 58.2 Å². The van der Waals surface area contributed by atoms with E-state index in [2.05, 4.69) is 40.0 Å². The fourth-order valence-corrected chi connectivity index (χ4v) is 5.64. The summed E-state index contributed by atoms with van der Waals surface area (Å²) in [5, 5.41) is 0. The third kappa shape index (κ3) is 4.74. The van der Waals surface area contributed by atoms with Crippen LogP contribution in [0.25, 0.3) is 0 Å². The molecule has 0 saturated carbocycles. The third-order valence-corrected chi connectivity index (χ3v) is 7.56. The second-order valence-electron chi connectivity index (χ2n) is 9.79.